The van der Waals surface area contributed by atoms with Crippen LogP contribution >= 0.6 is 0 Å². The Morgan fingerprint density at radius 3 is 2.54 bits per heavy atom. The Hall–Kier alpha value is -2.51. The van der Waals surface area contributed by atoms with Crippen LogP contribution in [0.1, 0.15) is 69.9 Å². The molecule has 1 aromatic carbocycles. The smallest absolute Gasteiger partial charge is 0.305 e. The summed E-state index contributed by atoms with van der Waals surface area (Å²) in [6, 6.07) is 11.0. The van der Waals surface area contributed by atoms with Gasteiger partial charge in [-0.15, -0.1) is 0 Å². The van der Waals surface area contributed by atoms with E-state index in [1.807, 2.05) is 25.4 Å². The number of ether oxygens (including phenoxy) is 1. The summed E-state index contributed by atoms with van der Waals surface area (Å²) in [4.78, 5) is 16.8. The molecule has 0 amide bonds. The molecule has 6 atom stereocenters. The molecule has 0 saturated heterocycles. The van der Waals surface area contributed by atoms with E-state index in [2.05, 4.69) is 31.0 Å². The predicted molar refractivity (Wildman–Crippen MR) is 151 cm³/mol. The van der Waals surface area contributed by atoms with Crippen molar-refractivity contribution in [3.63, 3.8) is 0 Å². The van der Waals surface area contributed by atoms with Gasteiger partial charge < -0.3 is 4.74 Å². The summed E-state index contributed by atoms with van der Waals surface area (Å²) in [5.41, 5.74) is 3.52. The van der Waals surface area contributed by atoms with Crippen LogP contribution < -0.4 is 0 Å². The molecule has 1 aromatic heterocycles. The first-order chi connectivity index (χ1) is 18.6. The Bertz CT molecular complexity index is 1320. The minimum absolute atomic E-state index is 0.0418. The monoisotopic (exact) mass is 551 g/mol. The Balaban J connectivity index is 1.38. The van der Waals surface area contributed by atoms with Gasteiger partial charge in [-0.2, -0.15) is 8.42 Å². The van der Waals surface area contributed by atoms with Crippen LogP contribution in [0.5, 0.6) is 0 Å². The highest BCUT2D eigenvalue weighted by atomic mass is 32.2. The molecule has 3 aliphatic rings. The fraction of sp³-hybridized carbons (Fsp3) is 0.562. The fourth-order valence-electron chi connectivity index (χ4n) is 8.15. The number of carbonyl (C=O) groups excluding carboxylic acids is 1. The van der Waals surface area contributed by atoms with Gasteiger partial charge >= 0.3 is 5.97 Å². The van der Waals surface area contributed by atoms with Crippen LogP contribution in [0.25, 0.3) is 5.57 Å². The molecule has 7 heteroatoms. The van der Waals surface area contributed by atoms with Crippen molar-refractivity contribution in [1.82, 2.24) is 4.98 Å². The molecule has 0 spiro atoms. The third kappa shape index (κ3) is 5.20. The van der Waals surface area contributed by atoms with Crippen LogP contribution in [-0.2, 0) is 23.8 Å². The number of fused-ring (bicyclic) bond motifs is 3. The maximum atomic E-state index is 13.0. The summed E-state index contributed by atoms with van der Waals surface area (Å²) in [5, 5.41) is 0. The second-order valence-corrected chi connectivity index (χ2v) is 14.0. The molecular weight excluding hydrogens is 510 g/mol. The number of aromatic nitrogens is 1. The number of methoxy groups -OCH3 is 1. The van der Waals surface area contributed by atoms with Crippen LogP contribution in [0.15, 0.2) is 59.8 Å². The highest BCUT2D eigenvalue weighted by Crippen LogP contribution is 2.66. The lowest BCUT2D eigenvalue weighted by atomic mass is 9.46. The predicted octanol–water partition coefficient (Wildman–Crippen LogP) is 6.60. The summed E-state index contributed by atoms with van der Waals surface area (Å²) in [7, 11) is -2.43. The lowest BCUT2D eigenvalue weighted by Gasteiger charge is -2.59. The average molecular weight is 552 g/mol. The number of nitrogens with zero attached hydrogens (tertiary/aromatic N) is 1. The van der Waals surface area contributed by atoms with E-state index in [-0.39, 0.29) is 34.2 Å². The van der Waals surface area contributed by atoms with Gasteiger partial charge in [-0.3, -0.25) is 14.0 Å². The van der Waals surface area contributed by atoms with Gasteiger partial charge in [-0.25, -0.2) is 0 Å². The molecule has 6 nitrogen and oxygen atoms in total. The molecule has 39 heavy (non-hydrogen) atoms. The molecule has 0 aliphatic heterocycles. The fourth-order valence-corrected chi connectivity index (χ4v) is 9.10. The number of allylic oxidation sites excluding steroid dienone is 2. The third-order valence-corrected chi connectivity index (χ3v) is 11.7. The summed E-state index contributed by atoms with van der Waals surface area (Å²) in [6.45, 7) is 6.76. The minimum Gasteiger partial charge on any atom is -0.469 e. The number of esters is 1. The number of carbonyl (C=O) groups is 1. The topological polar surface area (TPSA) is 82.6 Å². The molecule has 0 bridgehead atoms. The summed E-state index contributed by atoms with van der Waals surface area (Å²) in [6.07, 6.45) is 12.3. The lowest BCUT2D eigenvalue weighted by molar-refractivity contribution is -0.144. The Morgan fingerprint density at radius 2 is 1.85 bits per heavy atom. The van der Waals surface area contributed by atoms with Gasteiger partial charge in [0.25, 0.3) is 10.1 Å². The van der Waals surface area contributed by atoms with Crippen molar-refractivity contribution in [3.05, 3.63) is 66.0 Å². The standard InChI is InChI=1S/C32H41NO5S/c1-22-7-10-25(11-8-22)39(35,36)38-21-24-9-12-26-28-14-13-27(23-6-5-19-33-20-23)32(28,3)17-15-29(26)31(24,2)18-16-30(34)37-4/h5-8,10-11,13,19-20,24,26,28-29H,9,12,14-18,21H2,1-4H3/t24-,26-,28-,29-,31-,32+/m0/s1. The van der Waals surface area contributed by atoms with Crippen molar-refractivity contribution in [3.8, 4) is 0 Å². The van der Waals surface area contributed by atoms with Gasteiger partial charge in [0, 0.05) is 18.8 Å². The molecule has 2 fully saturated rings. The number of benzene rings is 1. The minimum atomic E-state index is -3.86. The van der Waals surface area contributed by atoms with E-state index < -0.39 is 10.1 Å². The number of hydrogen-bond donors (Lipinski definition) is 0. The lowest BCUT2D eigenvalue weighted by Crippen LogP contribution is -2.52. The quantitative estimate of drug-likeness (QED) is 0.272. The van der Waals surface area contributed by atoms with Crippen molar-refractivity contribution < 1.29 is 22.1 Å². The highest BCUT2D eigenvalue weighted by Gasteiger charge is 2.58. The van der Waals surface area contributed by atoms with Crippen LogP contribution in [0.3, 0.4) is 0 Å². The number of hydrogen-bond acceptors (Lipinski definition) is 6. The summed E-state index contributed by atoms with van der Waals surface area (Å²) < 4.78 is 36.8. The first-order valence-electron chi connectivity index (χ1n) is 14.2. The molecule has 2 aromatic rings. The van der Waals surface area contributed by atoms with E-state index in [4.69, 9.17) is 8.92 Å². The van der Waals surface area contributed by atoms with Gasteiger partial charge in [-0.1, -0.05) is 43.7 Å². The van der Waals surface area contributed by atoms with E-state index in [9.17, 15) is 13.2 Å². The first-order valence-corrected chi connectivity index (χ1v) is 15.6. The van der Waals surface area contributed by atoms with Crippen LogP contribution in [-0.4, -0.2) is 33.1 Å². The average Bonchev–Trinajstić information content (AvgIpc) is 3.29. The zero-order valence-electron chi connectivity index (χ0n) is 23.6. The molecule has 0 unspecified atom stereocenters. The second-order valence-electron chi connectivity index (χ2n) is 12.3. The third-order valence-electron chi connectivity index (χ3n) is 10.4. The first kappa shape index (κ1) is 28.0. The SMILES string of the molecule is COC(=O)CC[C@@]1(C)[C@H](COS(=O)(=O)c2ccc(C)cc2)CC[C@@H]2[C@@H]1CC[C@]1(C)C(c3cccnc3)=CC[C@@H]21. The van der Waals surface area contributed by atoms with E-state index in [1.165, 1.54) is 18.2 Å². The number of aryl methyl sites for hydroxylation is 1. The van der Waals surface area contributed by atoms with Crippen molar-refractivity contribution in [2.45, 2.75) is 70.6 Å². The largest absolute Gasteiger partial charge is 0.469 e. The molecule has 0 N–H and O–H groups in total. The van der Waals surface area contributed by atoms with Gasteiger partial charge in [0.05, 0.1) is 18.6 Å². The maximum absolute atomic E-state index is 13.0. The van der Waals surface area contributed by atoms with Gasteiger partial charge in [-0.05, 0) is 109 Å². The van der Waals surface area contributed by atoms with E-state index in [0.29, 0.717) is 30.6 Å². The van der Waals surface area contributed by atoms with Crippen molar-refractivity contribution >= 4 is 21.7 Å². The molecule has 5 rings (SSSR count). The molecule has 2 saturated carbocycles. The van der Waals surface area contributed by atoms with Crippen LogP contribution in [0.2, 0.25) is 0 Å². The molecule has 0 radical (unpaired) electrons. The molecule has 3 aliphatic carbocycles. The van der Waals surface area contributed by atoms with E-state index in [1.54, 1.807) is 24.3 Å². The van der Waals surface area contributed by atoms with Gasteiger partial charge in [0.15, 0.2) is 0 Å². The number of pyridine rings is 1. The number of rotatable bonds is 8. The van der Waals surface area contributed by atoms with Crippen LogP contribution in [0, 0.1) is 41.4 Å². The zero-order chi connectivity index (χ0) is 27.8. The van der Waals surface area contributed by atoms with Gasteiger partial charge in [0.2, 0.25) is 0 Å². The summed E-state index contributed by atoms with van der Waals surface area (Å²) >= 11 is 0. The van der Waals surface area contributed by atoms with Crippen molar-refractivity contribution in [1.29, 1.82) is 0 Å². The van der Waals surface area contributed by atoms with E-state index >= 15 is 0 Å². The normalized spacial score (nSPS) is 32.2. The van der Waals surface area contributed by atoms with Crippen molar-refractivity contribution in [2.75, 3.05) is 13.7 Å². The Kier molecular flexibility index (Phi) is 7.77. The Morgan fingerprint density at radius 1 is 1.08 bits per heavy atom. The van der Waals surface area contributed by atoms with Gasteiger partial charge in [0.1, 0.15) is 0 Å². The second kappa shape index (κ2) is 10.8. The molecule has 1 heterocycles. The molecule has 210 valence electrons. The van der Waals surface area contributed by atoms with Crippen molar-refractivity contribution in [2.24, 2.45) is 34.5 Å². The zero-order valence-corrected chi connectivity index (χ0v) is 24.4. The summed E-state index contributed by atoms with van der Waals surface area (Å²) in [5.74, 6) is 1.27. The Labute approximate surface area is 233 Å². The maximum Gasteiger partial charge on any atom is 0.305 e. The highest BCUT2D eigenvalue weighted by molar-refractivity contribution is 7.86. The van der Waals surface area contributed by atoms with E-state index in [0.717, 1.165) is 37.7 Å². The van der Waals surface area contributed by atoms with Crippen LogP contribution in [0.4, 0.5) is 0 Å². The molecular formula is C32H41NO5S.